The van der Waals surface area contributed by atoms with E-state index in [4.69, 9.17) is 28.9 Å². The lowest BCUT2D eigenvalue weighted by molar-refractivity contribution is -0.120. The Bertz CT molecular complexity index is 1210. The lowest BCUT2D eigenvalue weighted by Gasteiger charge is -2.40. The maximum Gasteiger partial charge on any atom is 0.310 e. The van der Waals surface area contributed by atoms with Gasteiger partial charge in [-0.3, -0.25) is 4.79 Å². The highest BCUT2D eigenvalue weighted by atomic mass is 35.5. The predicted molar refractivity (Wildman–Crippen MR) is 116 cm³/mol. The minimum atomic E-state index is -10.1. The summed E-state index contributed by atoms with van der Waals surface area (Å²) < 4.78 is 67.7. The Balaban J connectivity index is 1.98. The highest BCUT2D eigenvalue weighted by Gasteiger charge is 2.65. The first kappa shape index (κ1) is 23.9. The fourth-order valence-corrected chi connectivity index (χ4v) is 5.38. The van der Waals surface area contributed by atoms with Gasteiger partial charge in [-0.15, -0.1) is 0 Å². The van der Waals surface area contributed by atoms with Crippen LogP contribution in [0.1, 0.15) is 36.9 Å². The van der Waals surface area contributed by atoms with Crippen molar-refractivity contribution in [1.29, 1.82) is 5.26 Å². The monoisotopic (exact) mass is 529 g/mol. The number of anilines is 1. The van der Waals surface area contributed by atoms with E-state index >= 15 is 0 Å². The van der Waals surface area contributed by atoms with Crippen molar-refractivity contribution in [3.8, 4) is 11.8 Å². The van der Waals surface area contributed by atoms with E-state index in [1.165, 1.54) is 0 Å². The van der Waals surface area contributed by atoms with Crippen LogP contribution in [0.2, 0.25) is 10.0 Å². The number of nitrogens with two attached hydrogens (primary N) is 1. The summed E-state index contributed by atoms with van der Waals surface area (Å²) in [6, 6.07) is 2.06. The summed E-state index contributed by atoms with van der Waals surface area (Å²) in [5, 5.41) is 12.4. The van der Waals surface area contributed by atoms with Crippen LogP contribution in [-0.4, -0.2) is 29.3 Å². The van der Waals surface area contributed by atoms with Gasteiger partial charge in [0.05, 0.1) is 15.5 Å². The molecule has 2 N–H and O–H groups in total. The van der Waals surface area contributed by atoms with Crippen molar-refractivity contribution in [1.82, 2.24) is 9.78 Å². The molecule has 1 aromatic carbocycles. The van der Waals surface area contributed by atoms with Crippen LogP contribution in [-0.2, 0) is 10.2 Å². The maximum atomic E-state index is 13.3. The number of aromatic nitrogens is 2. The third kappa shape index (κ3) is 4.22. The first-order chi connectivity index (χ1) is 15.0. The van der Waals surface area contributed by atoms with Gasteiger partial charge >= 0.3 is 10.2 Å². The van der Waals surface area contributed by atoms with Crippen LogP contribution in [0, 0.1) is 17.2 Å². The minimum Gasteiger partial charge on any atom is -0.369 e. The first-order valence-corrected chi connectivity index (χ1v) is 12.5. The molecule has 2 aliphatic carbocycles. The quantitative estimate of drug-likeness (QED) is 0.440. The molecule has 1 amide bonds. The van der Waals surface area contributed by atoms with Gasteiger partial charge in [0.1, 0.15) is 22.5 Å². The van der Waals surface area contributed by atoms with Gasteiger partial charge < -0.3 is 10.6 Å². The number of carbonyl (C=O) groups excluding carboxylic acids is 1. The Morgan fingerprint density at radius 2 is 1.82 bits per heavy atom. The number of amides is 1. The number of benzene rings is 1. The van der Waals surface area contributed by atoms with Crippen molar-refractivity contribution in [2.45, 2.75) is 36.0 Å². The molecule has 1 heterocycles. The summed E-state index contributed by atoms with van der Waals surface area (Å²) in [5.74, 6) is -0.131. The summed E-state index contributed by atoms with van der Waals surface area (Å²) in [5.41, 5.74) is 4.19. The van der Waals surface area contributed by atoms with Crippen molar-refractivity contribution in [3.63, 3.8) is 0 Å². The van der Waals surface area contributed by atoms with E-state index in [2.05, 4.69) is 5.10 Å². The summed E-state index contributed by atoms with van der Waals surface area (Å²) in [6.45, 7) is 0.497. The second kappa shape index (κ2) is 6.67. The summed E-state index contributed by atoms with van der Waals surface area (Å²) in [6.07, 6.45) is 2.63. The SMILES string of the molecule is CN(CC1CC1)c1c(C2(C(N)=O)CC2)c(C#N)nn1-c1c(Cl)cc(S(F)(F)(F)(F)F)cc1Cl. The summed E-state index contributed by atoms with van der Waals surface area (Å²) in [7, 11) is -8.39. The lowest BCUT2D eigenvalue weighted by atomic mass is 9.94. The minimum absolute atomic E-state index is 0.0867. The molecular formula is C19H18Cl2F5N5OS. The second-order valence-electron chi connectivity index (χ2n) is 8.55. The number of carbonyl (C=O) groups is 1. The molecule has 2 aromatic rings. The van der Waals surface area contributed by atoms with Crippen LogP contribution in [0.5, 0.6) is 0 Å². The zero-order valence-corrected chi connectivity index (χ0v) is 19.4. The number of nitrogens with zero attached hydrogens (tertiary/aromatic N) is 4. The summed E-state index contributed by atoms with van der Waals surface area (Å²) >= 11 is 12.1. The standard InChI is InChI=1S/C19H18Cl2F5N5OS/c1-30(9-10-2-3-10)17-15(19(4-5-19)18(28)32)14(8-27)29-31(17)16-12(20)6-11(7-13(16)21)33(22,23,24,25)26/h6-7,10H,2-5,9H2,1H3,(H2,28,32). The smallest absolute Gasteiger partial charge is 0.310 e. The molecule has 0 radical (unpaired) electrons. The Morgan fingerprint density at radius 3 is 2.21 bits per heavy atom. The molecule has 180 valence electrons. The molecule has 1 aromatic heterocycles. The lowest BCUT2D eigenvalue weighted by Crippen LogP contribution is -2.32. The van der Waals surface area contributed by atoms with Gasteiger partial charge in [-0.2, -0.15) is 10.4 Å². The average Bonchev–Trinajstić information content (AvgIpc) is 3.58. The Labute approximate surface area is 195 Å². The molecule has 2 fully saturated rings. The molecule has 0 aliphatic heterocycles. The highest BCUT2D eigenvalue weighted by Crippen LogP contribution is 3.02. The van der Waals surface area contributed by atoms with Crippen molar-refractivity contribution in [2.24, 2.45) is 11.7 Å². The average molecular weight is 530 g/mol. The van der Waals surface area contributed by atoms with Gasteiger partial charge in [0.2, 0.25) is 5.91 Å². The number of primary amides is 1. The van der Waals surface area contributed by atoms with E-state index in [0.717, 1.165) is 17.5 Å². The molecule has 0 saturated heterocycles. The van der Waals surface area contributed by atoms with Crippen LogP contribution in [0.4, 0.5) is 25.2 Å². The molecule has 14 heteroatoms. The second-order valence-corrected chi connectivity index (χ2v) is 11.8. The molecule has 0 bridgehead atoms. The van der Waals surface area contributed by atoms with Crippen molar-refractivity contribution in [3.05, 3.63) is 33.4 Å². The van der Waals surface area contributed by atoms with E-state index in [-0.39, 0.29) is 34.9 Å². The van der Waals surface area contributed by atoms with Gasteiger partial charge in [0, 0.05) is 19.2 Å². The van der Waals surface area contributed by atoms with Crippen molar-refractivity contribution >= 4 is 45.2 Å². The fraction of sp³-hybridized carbons (Fsp3) is 0.421. The largest absolute Gasteiger partial charge is 0.369 e. The van der Waals surface area contributed by atoms with Gasteiger partial charge in [-0.1, -0.05) is 42.6 Å². The molecule has 33 heavy (non-hydrogen) atoms. The van der Waals surface area contributed by atoms with E-state index in [0.29, 0.717) is 25.3 Å². The fourth-order valence-electron chi connectivity index (χ4n) is 3.92. The van der Waals surface area contributed by atoms with Gasteiger partial charge in [0.15, 0.2) is 5.69 Å². The number of nitriles is 1. The van der Waals surface area contributed by atoms with Crippen LogP contribution < -0.4 is 10.6 Å². The zero-order valence-electron chi connectivity index (χ0n) is 17.1. The normalized spacial score (nSPS) is 19.4. The van der Waals surface area contributed by atoms with Gasteiger partial charge in [-0.05, 0) is 43.7 Å². The molecule has 6 nitrogen and oxygen atoms in total. The number of halogens is 7. The summed E-state index contributed by atoms with van der Waals surface area (Å²) in [4.78, 5) is 11.7. The van der Waals surface area contributed by atoms with Gasteiger partial charge in [0.25, 0.3) is 0 Å². The molecule has 4 rings (SSSR count). The molecule has 0 atom stereocenters. The van der Waals surface area contributed by atoms with Crippen LogP contribution in [0.25, 0.3) is 5.69 Å². The molecule has 0 spiro atoms. The van der Waals surface area contributed by atoms with Crippen LogP contribution in [0.3, 0.4) is 0 Å². The highest BCUT2D eigenvalue weighted by molar-refractivity contribution is 8.45. The number of hydrogen-bond acceptors (Lipinski definition) is 4. The van der Waals surface area contributed by atoms with E-state index in [1.807, 2.05) is 6.07 Å². The topological polar surface area (TPSA) is 87.9 Å². The molecular weight excluding hydrogens is 512 g/mol. The Kier molecular flexibility index (Phi) is 4.83. The zero-order chi connectivity index (χ0) is 24.6. The van der Waals surface area contributed by atoms with Crippen molar-refractivity contribution in [2.75, 3.05) is 18.5 Å². The molecule has 2 aliphatic rings. The maximum absolute atomic E-state index is 13.3. The number of hydrogen-bond donors (Lipinski definition) is 1. The first-order valence-electron chi connectivity index (χ1n) is 9.76. The van der Waals surface area contributed by atoms with Crippen LogP contribution in [0.15, 0.2) is 17.0 Å². The third-order valence-electron chi connectivity index (χ3n) is 5.91. The predicted octanol–water partition coefficient (Wildman–Crippen LogP) is 6.07. The van der Waals surface area contributed by atoms with Crippen molar-refractivity contribution < 1.29 is 24.2 Å². The van der Waals surface area contributed by atoms with E-state index in [9.17, 15) is 29.5 Å². The Morgan fingerprint density at radius 1 is 1.27 bits per heavy atom. The van der Waals surface area contributed by atoms with E-state index in [1.54, 1.807) is 11.9 Å². The van der Waals surface area contributed by atoms with Crippen LogP contribution >= 0.6 is 33.4 Å². The third-order valence-corrected chi connectivity index (χ3v) is 7.61. The number of rotatable bonds is 7. The molecule has 0 unspecified atom stereocenters. The van der Waals surface area contributed by atoms with Gasteiger partial charge in [-0.25, -0.2) is 4.68 Å². The molecule has 2 saturated carbocycles. The Hall–Kier alpha value is -2.23. The van der Waals surface area contributed by atoms with E-state index < -0.39 is 36.5 Å².